The second kappa shape index (κ2) is 9.46. The maximum Gasteiger partial charge on any atom is 0.191 e. The van der Waals surface area contributed by atoms with Gasteiger partial charge in [-0.3, -0.25) is 0 Å². The summed E-state index contributed by atoms with van der Waals surface area (Å²) >= 11 is 0. The van der Waals surface area contributed by atoms with Gasteiger partial charge in [0.1, 0.15) is 0 Å². The molecule has 0 aliphatic carbocycles. The van der Waals surface area contributed by atoms with E-state index in [1.807, 2.05) is 0 Å². The highest BCUT2D eigenvalue weighted by atomic mass is 15.3. The van der Waals surface area contributed by atoms with E-state index in [0.717, 1.165) is 37.3 Å². The van der Waals surface area contributed by atoms with Gasteiger partial charge in [-0.1, -0.05) is 24.3 Å². The second-order valence-electron chi connectivity index (χ2n) is 7.26. The van der Waals surface area contributed by atoms with Crippen molar-refractivity contribution in [1.29, 1.82) is 0 Å². The number of nitrogens with two attached hydrogens (primary N) is 2. The molecule has 26 heavy (non-hydrogen) atoms. The Morgan fingerprint density at radius 2 is 1.15 bits per heavy atom. The van der Waals surface area contributed by atoms with Crippen LogP contribution in [-0.4, -0.2) is 47.9 Å². The SMILES string of the molecule is NC(=NCc1cccc(CN=C(N)N2CCCCC2)c1)N1CCCCC1. The molecule has 0 spiro atoms. The van der Waals surface area contributed by atoms with Gasteiger partial charge in [0.25, 0.3) is 0 Å². The third kappa shape index (κ3) is 5.38. The van der Waals surface area contributed by atoms with Crippen LogP contribution in [0.4, 0.5) is 0 Å². The van der Waals surface area contributed by atoms with Gasteiger partial charge in [0.15, 0.2) is 11.9 Å². The zero-order chi connectivity index (χ0) is 18.2. The van der Waals surface area contributed by atoms with Gasteiger partial charge < -0.3 is 21.3 Å². The molecule has 6 nitrogen and oxygen atoms in total. The van der Waals surface area contributed by atoms with Crippen LogP contribution in [0.5, 0.6) is 0 Å². The summed E-state index contributed by atoms with van der Waals surface area (Å²) < 4.78 is 0. The zero-order valence-electron chi connectivity index (χ0n) is 15.7. The summed E-state index contributed by atoms with van der Waals surface area (Å²) in [6, 6.07) is 8.40. The first-order chi connectivity index (χ1) is 12.7. The summed E-state index contributed by atoms with van der Waals surface area (Å²) in [5, 5.41) is 0. The molecule has 142 valence electrons. The molecule has 0 amide bonds. The number of likely N-dealkylation sites (tertiary alicyclic amines) is 2. The van der Waals surface area contributed by atoms with Crippen molar-refractivity contribution in [2.24, 2.45) is 21.5 Å². The fourth-order valence-electron chi connectivity index (χ4n) is 3.62. The Bertz CT molecular complexity index is 576. The first-order valence-corrected chi connectivity index (χ1v) is 9.90. The Kier molecular flexibility index (Phi) is 6.75. The Labute approximate surface area is 157 Å². The quantitative estimate of drug-likeness (QED) is 0.640. The number of piperidine rings is 2. The minimum Gasteiger partial charge on any atom is -0.370 e. The number of hydrogen-bond acceptors (Lipinski definition) is 2. The van der Waals surface area contributed by atoms with E-state index in [9.17, 15) is 0 Å². The molecule has 2 aliphatic rings. The van der Waals surface area contributed by atoms with E-state index >= 15 is 0 Å². The first kappa shape index (κ1) is 18.5. The monoisotopic (exact) mass is 356 g/mol. The Balaban J connectivity index is 1.55. The van der Waals surface area contributed by atoms with Gasteiger partial charge in [0, 0.05) is 26.2 Å². The van der Waals surface area contributed by atoms with Gasteiger partial charge in [0.2, 0.25) is 0 Å². The van der Waals surface area contributed by atoms with E-state index in [0.29, 0.717) is 25.0 Å². The molecule has 0 bridgehead atoms. The molecule has 0 atom stereocenters. The number of guanidine groups is 2. The number of hydrogen-bond donors (Lipinski definition) is 2. The fourth-order valence-corrected chi connectivity index (χ4v) is 3.62. The molecular weight excluding hydrogens is 324 g/mol. The molecule has 0 unspecified atom stereocenters. The Morgan fingerprint density at radius 3 is 1.58 bits per heavy atom. The van der Waals surface area contributed by atoms with Crippen LogP contribution >= 0.6 is 0 Å². The standard InChI is InChI=1S/C20H32N6/c21-19(25-10-3-1-4-11-25)23-15-17-8-7-9-18(14-17)16-24-20(22)26-12-5-2-6-13-26/h7-9,14H,1-6,10-13,15-16H2,(H2,21,23)(H2,22,24). The molecule has 3 rings (SSSR count). The van der Waals surface area contributed by atoms with Gasteiger partial charge in [-0.2, -0.15) is 0 Å². The van der Waals surface area contributed by atoms with E-state index in [-0.39, 0.29) is 0 Å². The Morgan fingerprint density at radius 1 is 0.731 bits per heavy atom. The van der Waals surface area contributed by atoms with Crippen molar-refractivity contribution < 1.29 is 0 Å². The number of benzene rings is 1. The average Bonchev–Trinajstić information content (AvgIpc) is 2.72. The molecule has 1 aromatic rings. The summed E-state index contributed by atoms with van der Waals surface area (Å²) in [5.74, 6) is 1.34. The lowest BCUT2D eigenvalue weighted by Crippen LogP contribution is -2.40. The lowest BCUT2D eigenvalue weighted by atomic mass is 10.1. The largest absolute Gasteiger partial charge is 0.370 e. The highest BCUT2D eigenvalue weighted by Crippen LogP contribution is 2.12. The zero-order valence-corrected chi connectivity index (χ0v) is 15.7. The molecule has 1 aromatic carbocycles. The minimum atomic E-state index is 0.613. The molecule has 2 fully saturated rings. The summed E-state index contributed by atoms with van der Waals surface area (Å²) in [4.78, 5) is 13.5. The second-order valence-corrected chi connectivity index (χ2v) is 7.26. The van der Waals surface area contributed by atoms with Crippen molar-refractivity contribution in [1.82, 2.24) is 9.80 Å². The summed E-state index contributed by atoms with van der Waals surface area (Å²) in [7, 11) is 0. The van der Waals surface area contributed by atoms with Gasteiger partial charge in [-0.15, -0.1) is 0 Å². The molecule has 2 heterocycles. The molecule has 0 aromatic heterocycles. The van der Waals surface area contributed by atoms with Crippen LogP contribution in [0.3, 0.4) is 0 Å². The van der Waals surface area contributed by atoms with Crippen molar-refractivity contribution in [3.63, 3.8) is 0 Å². The predicted octanol–water partition coefficient (Wildman–Crippen LogP) is 2.29. The van der Waals surface area contributed by atoms with Crippen LogP contribution in [0, 0.1) is 0 Å². The van der Waals surface area contributed by atoms with Gasteiger partial charge in [-0.25, -0.2) is 9.98 Å². The third-order valence-corrected chi connectivity index (χ3v) is 5.20. The van der Waals surface area contributed by atoms with E-state index in [2.05, 4.69) is 44.1 Å². The number of aliphatic imine (C=N–C) groups is 2. The van der Waals surface area contributed by atoms with Crippen LogP contribution in [0.2, 0.25) is 0 Å². The number of nitrogens with zero attached hydrogens (tertiary/aromatic N) is 4. The van der Waals surface area contributed by atoms with Crippen LogP contribution in [-0.2, 0) is 13.1 Å². The molecule has 0 saturated carbocycles. The van der Waals surface area contributed by atoms with E-state index in [1.165, 1.54) is 38.5 Å². The van der Waals surface area contributed by atoms with Gasteiger partial charge in [0.05, 0.1) is 13.1 Å². The average molecular weight is 357 g/mol. The molecule has 0 radical (unpaired) electrons. The van der Waals surface area contributed by atoms with Gasteiger partial charge in [-0.05, 0) is 49.7 Å². The summed E-state index contributed by atoms with van der Waals surface area (Å²) in [6.07, 6.45) is 7.44. The van der Waals surface area contributed by atoms with Crippen molar-refractivity contribution >= 4 is 11.9 Å². The van der Waals surface area contributed by atoms with Crippen LogP contribution in [0.15, 0.2) is 34.3 Å². The molecule has 2 saturated heterocycles. The lowest BCUT2D eigenvalue weighted by molar-refractivity contribution is 0.338. The fraction of sp³-hybridized carbons (Fsp3) is 0.600. The molecule has 4 N–H and O–H groups in total. The van der Waals surface area contributed by atoms with E-state index in [4.69, 9.17) is 11.5 Å². The predicted molar refractivity (Wildman–Crippen MR) is 108 cm³/mol. The van der Waals surface area contributed by atoms with Crippen molar-refractivity contribution in [2.45, 2.75) is 51.6 Å². The minimum absolute atomic E-state index is 0.613. The van der Waals surface area contributed by atoms with Crippen LogP contribution in [0.1, 0.15) is 49.7 Å². The lowest BCUT2D eigenvalue weighted by Gasteiger charge is -2.27. The molecular formula is C20H32N6. The van der Waals surface area contributed by atoms with Crippen LogP contribution in [0.25, 0.3) is 0 Å². The maximum atomic E-state index is 6.15. The maximum absolute atomic E-state index is 6.15. The third-order valence-electron chi connectivity index (χ3n) is 5.20. The van der Waals surface area contributed by atoms with E-state index < -0.39 is 0 Å². The highest BCUT2D eigenvalue weighted by Gasteiger charge is 2.12. The topological polar surface area (TPSA) is 83.2 Å². The van der Waals surface area contributed by atoms with Gasteiger partial charge >= 0.3 is 0 Å². The van der Waals surface area contributed by atoms with Crippen LogP contribution < -0.4 is 11.5 Å². The Hall–Kier alpha value is -2.24. The summed E-state index contributed by atoms with van der Waals surface area (Å²) in [5.41, 5.74) is 14.6. The smallest absolute Gasteiger partial charge is 0.191 e. The van der Waals surface area contributed by atoms with Crippen molar-refractivity contribution in [3.05, 3.63) is 35.4 Å². The molecule has 6 heteroatoms. The summed E-state index contributed by atoms with van der Waals surface area (Å²) in [6.45, 7) is 5.34. The normalized spacial score (nSPS) is 19.7. The van der Waals surface area contributed by atoms with Crippen molar-refractivity contribution in [2.75, 3.05) is 26.2 Å². The highest BCUT2D eigenvalue weighted by molar-refractivity contribution is 5.78. The first-order valence-electron chi connectivity index (χ1n) is 9.90. The van der Waals surface area contributed by atoms with Crippen molar-refractivity contribution in [3.8, 4) is 0 Å². The molecule has 2 aliphatic heterocycles. The number of rotatable bonds is 4. The van der Waals surface area contributed by atoms with E-state index in [1.54, 1.807) is 0 Å².